The van der Waals surface area contributed by atoms with E-state index in [0.29, 0.717) is 31.9 Å². The average Bonchev–Trinajstić information content (AvgIpc) is 3.29. The number of amides is 2. The molecule has 2 aromatic rings. The molecule has 0 radical (unpaired) electrons. The molecule has 8 nitrogen and oxygen atoms in total. The number of primary amides is 1. The van der Waals surface area contributed by atoms with Crippen LogP contribution < -0.4 is 24.7 Å². The zero-order valence-electron chi connectivity index (χ0n) is 19.0. The number of halogens is 1. The molecule has 0 unspecified atom stereocenters. The first kappa shape index (κ1) is 22.7. The van der Waals surface area contributed by atoms with Crippen molar-refractivity contribution in [1.82, 2.24) is 4.90 Å². The zero-order valence-corrected chi connectivity index (χ0v) is 19.8. The van der Waals surface area contributed by atoms with Crippen molar-refractivity contribution in [2.24, 2.45) is 5.73 Å². The Hall–Kier alpha value is -3.13. The number of carbonyl (C=O) groups is 2. The first-order valence-corrected chi connectivity index (χ1v) is 11.8. The quantitative estimate of drug-likeness (QED) is 0.694. The van der Waals surface area contributed by atoms with E-state index in [1.54, 1.807) is 12.1 Å². The molecule has 1 aliphatic carbocycles. The van der Waals surface area contributed by atoms with Crippen LogP contribution >= 0.6 is 11.6 Å². The van der Waals surface area contributed by atoms with Gasteiger partial charge in [-0.3, -0.25) is 9.59 Å². The van der Waals surface area contributed by atoms with Crippen molar-refractivity contribution in [3.63, 3.8) is 0 Å². The molecule has 34 heavy (non-hydrogen) atoms. The van der Waals surface area contributed by atoms with E-state index in [1.165, 1.54) is 12.7 Å². The molecule has 2 heterocycles. The molecule has 1 saturated carbocycles. The molecule has 5 rings (SSSR count). The minimum atomic E-state index is -0.635. The van der Waals surface area contributed by atoms with Crippen LogP contribution in [0.3, 0.4) is 0 Å². The highest BCUT2D eigenvalue weighted by molar-refractivity contribution is 6.32. The molecule has 1 fully saturated rings. The maximum Gasteiger partial charge on any atom is 0.255 e. The number of nitrogens with zero attached hydrogens (tertiary/aromatic N) is 1. The van der Waals surface area contributed by atoms with Gasteiger partial charge in [0.2, 0.25) is 0 Å². The third kappa shape index (κ3) is 4.00. The third-order valence-corrected chi connectivity index (χ3v) is 7.16. The van der Waals surface area contributed by atoms with E-state index < -0.39 is 5.91 Å². The number of fused-ring (bicyclic) bond motifs is 3. The van der Waals surface area contributed by atoms with E-state index in [1.807, 2.05) is 11.0 Å². The number of hydrogen-bond donors (Lipinski definition) is 1. The molecule has 2 amide bonds. The highest BCUT2D eigenvalue weighted by Crippen LogP contribution is 2.49. The van der Waals surface area contributed by atoms with Crippen molar-refractivity contribution in [2.45, 2.75) is 37.6 Å². The highest BCUT2D eigenvalue weighted by Gasteiger charge is 2.44. The van der Waals surface area contributed by atoms with Crippen molar-refractivity contribution in [3.05, 3.63) is 46.0 Å². The maximum absolute atomic E-state index is 13.7. The summed E-state index contributed by atoms with van der Waals surface area (Å²) in [5, 5.41) is 0.177. The summed E-state index contributed by atoms with van der Waals surface area (Å²) in [6, 6.07) is 7.29. The van der Waals surface area contributed by atoms with Crippen molar-refractivity contribution in [1.29, 1.82) is 0 Å². The summed E-state index contributed by atoms with van der Waals surface area (Å²) in [7, 11) is 1.45. The second kappa shape index (κ2) is 8.91. The van der Waals surface area contributed by atoms with Crippen LogP contribution in [0.2, 0.25) is 5.02 Å². The van der Waals surface area contributed by atoms with Gasteiger partial charge in [0, 0.05) is 24.1 Å². The fourth-order valence-corrected chi connectivity index (χ4v) is 5.66. The number of carbonyl (C=O) groups excluding carboxylic acids is 2. The summed E-state index contributed by atoms with van der Waals surface area (Å²) in [5.74, 6) is 1.19. The van der Waals surface area contributed by atoms with Gasteiger partial charge < -0.3 is 29.6 Å². The van der Waals surface area contributed by atoms with Crippen LogP contribution in [0.4, 0.5) is 0 Å². The number of methoxy groups -OCH3 is 1. The van der Waals surface area contributed by atoms with Crippen LogP contribution in [0.1, 0.15) is 47.2 Å². The Balaban J connectivity index is 1.48. The van der Waals surface area contributed by atoms with Crippen LogP contribution in [0, 0.1) is 0 Å². The standard InChI is InChI=1S/C25H27ClN2O6/c1-31-21-9-15(8-18(26)23(21)34-13-22(27)29)24(30)28-12-16-10-19-20(33-7-6-32-19)11-17(16)25(14-28)4-2-3-5-25/h8-11H,2-7,12-14H2,1H3,(H2,27,29). The normalized spacial score (nSPS) is 17.9. The van der Waals surface area contributed by atoms with Gasteiger partial charge in [0.05, 0.1) is 12.1 Å². The Morgan fingerprint density at radius 2 is 1.82 bits per heavy atom. The smallest absolute Gasteiger partial charge is 0.255 e. The van der Waals surface area contributed by atoms with Crippen molar-refractivity contribution in [2.75, 3.05) is 33.5 Å². The lowest BCUT2D eigenvalue weighted by molar-refractivity contribution is -0.119. The van der Waals surface area contributed by atoms with Gasteiger partial charge in [-0.05, 0) is 48.2 Å². The minimum Gasteiger partial charge on any atom is -0.493 e. The largest absolute Gasteiger partial charge is 0.493 e. The van der Waals surface area contributed by atoms with Gasteiger partial charge in [-0.25, -0.2) is 0 Å². The van der Waals surface area contributed by atoms with E-state index in [9.17, 15) is 9.59 Å². The fraction of sp³-hybridized carbons (Fsp3) is 0.440. The summed E-state index contributed by atoms with van der Waals surface area (Å²) >= 11 is 6.40. The summed E-state index contributed by atoms with van der Waals surface area (Å²) in [5.41, 5.74) is 7.82. The zero-order chi connectivity index (χ0) is 23.9. The average molecular weight is 487 g/mol. The lowest BCUT2D eigenvalue weighted by atomic mass is 9.73. The van der Waals surface area contributed by atoms with Gasteiger partial charge in [0.15, 0.2) is 29.6 Å². The second-order valence-electron chi connectivity index (χ2n) is 9.05. The lowest BCUT2D eigenvalue weighted by Gasteiger charge is -2.43. The molecule has 0 atom stereocenters. The molecule has 0 aromatic heterocycles. The second-order valence-corrected chi connectivity index (χ2v) is 9.45. The summed E-state index contributed by atoms with van der Waals surface area (Å²) in [4.78, 5) is 26.7. The maximum atomic E-state index is 13.7. The predicted octanol–water partition coefficient (Wildman–Crippen LogP) is 3.45. The van der Waals surface area contributed by atoms with Gasteiger partial charge in [-0.15, -0.1) is 0 Å². The Bertz CT molecular complexity index is 1140. The number of benzene rings is 2. The summed E-state index contributed by atoms with van der Waals surface area (Å²) in [6.07, 6.45) is 4.30. The number of rotatable bonds is 5. The third-order valence-electron chi connectivity index (χ3n) is 6.88. The number of ether oxygens (including phenoxy) is 4. The summed E-state index contributed by atoms with van der Waals surface area (Å²) < 4.78 is 22.4. The van der Waals surface area contributed by atoms with Crippen molar-refractivity contribution in [3.8, 4) is 23.0 Å². The Labute approximate surface area is 202 Å². The molecule has 0 bridgehead atoms. The van der Waals surface area contributed by atoms with E-state index in [4.69, 9.17) is 36.3 Å². The van der Waals surface area contributed by atoms with E-state index in [2.05, 4.69) is 6.07 Å². The molecular formula is C25H27ClN2O6. The van der Waals surface area contributed by atoms with Gasteiger partial charge in [0.1, 0.15) is 13.2 Å². The van der Waals surface area contributed by atoms with E-state index in [-0.39, 0.29) is 34.5 Å². The highest BCUT2D eigenvalue weighted by atomic mass is 35.5. The molecule has 1 spiro atoms. The van der Waals surface area contributed by atoms with Crippen LogP contribution in [0.25, 0.3) is 0 Å². The SMILES string of the molecule is COc1cc(C(=O)N2Cc3cc4c(cc3C3(CCCC3)C2)OCCO4)cc(Cl)c1OCC(N)=O. The Morgan fingerprint density at radius 3 is 2.50 bits per heavy atom. The van der Waals surface area contributed by atoms with Crippen LogP contribution in [-0.4, -0.2) is 50.2 Å². The van der Waals surface area contributed by atoms with Crippen LogP contribution in [0.15, 0.2) is 24.3 Å². The minimum absolute atomic E-state index is 0.0997. The lowest BCUT2D eigenvalue weighted by Crippen LogP contribution is -2.46. The topological polar surface area (TPSA) is 100 Å². The predicted molar refractivity (Wildman–Crippen MR) is 125 cm³/mol. The molecule has 2 aliphatic heterocycles. The molecule has 2 N–H and O–H groups in total. The first-order chi connectivity index (χ1) is 16.4. The van der Waals surface area contributed by atoms with Crippen molar-refractivity contribution >= 4 is 23.4 Å². The van der Waals surface area contributed by atoms with Gasteiger partial charge >= 0.3 is 0 Å². The van der Waals surface area contributed by atoms with Crippen LogP contribution in [-0.2, 0) is 16.8 Å². The van der Waals surface area contributed by atoms with Gasteiger partial charge in [0.25, 0.3) is 11.8 Å². The Morgan fingerprint density at radius 1 is 1.12 bits per heavy atom. The number of nitrogens with two attached hydrogens (primary N) is 1. The van der Waals surface area contributed by atoms with Crippen molar-refractivity contribution < 1.29 is 28.5 Å². The van der Waals surface area contributed by atoms with Gasteiger partial charge in [-0.2, -0.15) is 0 Å². The molecule has 3 aliphatic rings. The molecule has 0 saturated heterocycles. The monoisotopic (exact) mass is 486 g/mol. The molecular weight excluding hydrogens is 460 g/mol. The van der Waals surface area contributed by atoms with E-state index >= 15 is 0 Å². The van der Waals surface area contributed by atoms with Crippen LogP contribution in [0.5, 0.6) is 23.0 Å². The molecule has 180 valence electrons. The molecule has 9 heteroatoms. The van der Waals surface area contributed by atoms with E-state index in [0.717, 1.165) is 42.7 Å². The first-order valence-electron chi connectivity index (χ1n) is 11.4. The summed E-state index contributed by atoms with van der Waals surface area (Å²) in [6.45, 7) is 1.81. The number of hydrogen-bond acceptors (Lipinski definition) is 6. The van der Waals surface area contributed by atoms with Gasteiger partial charge in [-0.1, -0.05) is 24.4 Å². The molecule has 2 aromatic carbocycles. The fourth-order valence-electron chi connectivity index (χ4n) is 5.40. The Kier molecular flexibility index (Phi) is 5.93.